The predicted molar refractivity (Wildman–Crippen MR) is 46.8 cm³/mol. The van der Waals surface area contributed by atoms with Gasteiger partial charge in [0.05, 0.1) is 0 Å². The summed E-state index contributed by atoms with van der Waals surface area (Å²) in [4.78, 5) is 10.6. The van der Waals surface area contributed by atoms with Crippen LogP contribution in [0.5, 0.6) is 5.75 Å². The molecule has 64 valence electrons. The maximum absolute atomic E-state index is 10.6. The summed E-state index contributed by atoms with van der Waals surface area (Å²) in [6, 6.07) is 4.41. The molecule has 0 aliphatic heterocycles. The third kappa shape index (κ3) is 2.16. The fourth-order valence-electron chi connectivity index (χ4n) is 0.910. The van der Waals surface area contributed by atoms with Crippen molar-refractivity contribution in [2.75, 3.05) is 11.1 Å². The highest BCUT2D eigenvalue weighted by atomic mass is 16.3. The maximum atomic E-state index is 10.6. The van der Waals surface area contributed by atoms with Crippen molar-refractivity contribution in [3.63, 3.8) is 0 Å². The molecule has 4 N–H and O–H groups in total. The average molecular weight is 166 g/mol. The molecule has 4 nitrogen and oxygen atoms in total. The quantitative estimate of drug-likeness (QED) is 0.543. The minimum Gasteiger partial charge on any atom is -0.508 e. The zero-order chi connectivity index (χ0) is 9.14. The largest absolute Gasteiger partial charge is 0.508 e. The highest BCUT2D eigenvalue weighted by Crippen LogP contribution is 2.20. The van der Waals surface area contributed by atoms with Crippen molar-refractivity contribution < 1.29 is 9.90 Å². The molecule has 0 aliphatic rings. The van der Waals surface area contributed by atoms with Crippen LogP contribution < -0.4 is 11.1 Å². The Balaban J connectivity index is 2.93. The van der Waals surface area contributed by atoms with Crippen molar-refractivity contribution in [3.8, 4) is 5.75 Å². The Bertz CT molecular complexity index is 290. The zero-order valence-electron chi connectivity index (χ0n) is 6.66. The molecule has 0 saturated carbocycles. The summed E-state index contributed by atoms with van der Waals surface area (Å²) in [5.41, 5.74) is 6.34. The van der Waals surface area contributed by atoms with Gasteiger partial charge in [0, 0.05) is 30.4 Å². The second-order valence-corrected chi connectivity index (χ2v) is 2.49. The summed E-state index contributed by atoms with van der Waals surface area (Å²) in [5.74, 6) is -0.154. The number of phenolic OH excluding ortho intramolecular Hbond substituents is 1. The molecule has 1 rings (SSSR count). The first-order chi connectivity index (χ1) is 5.58. The second-order valence-electron chi connectivity index (χ2n) is 2.49. The molecule has 0 fully saturated rings. The van der Waals surface area contributed by atoms with Crippen molar-refractivity contribution in [1.82, 2.24) is 0 Å². The number of rotatable bonds is 1. The first-order valence-corrected chi connectivity index (χ1v) is 3.45. The monoisotopic (exact) mass is 166 g/mol. The van der Waals surface area contributed by atoms with Crippen molar-refractivity contribution in [3.05, 3.63) is 18.2 Å². The number of anilines is 2. The predicted octanol–water partition coefficient (Wildman–Crippen LogP) is 0.933. The minimum atomic E-state index is -0.194. The number of hydrogen-bond donors (Lipinski definition) is 3. The van der Waals surface area contributed by atoms with Crippen molar-refractivity contribution in [2.45, 2.75) is 6.92 Å². The standard InChI is InChI=1S/C8H10N2O2/c1-5(11)10-7-2-6(9)3-8(12)4-7/h2-4,12H,9H2,1H3,(H,10,11). The molecule has 0 saturated heterocycles. The van der Waals surface area contributed by atoms with E-state index in [0.717, 1.165) is 0 Å². The lowest BCUT2D eigenvalue weighted by Crippen LogP contribution is -2.05. The third-order valence-corrected chi connectivity index (χ3v) is 1.26. The van der Waals surface area contributed by atoms with Crippen LogP contribution in [0, 0.1) is 0 Å². The molecule has 12 heavy (non-hydrogen) atoms. The average Bonchev–Trinajstić information content (AvgIpc) is 1.81. The number of carbonyl (C=O) groups excluding carboxylic acids is 1. The molecule has 1 aromatic carbocycles. The van der Waals surface area contributed by atoms with Gasteiger partial charge >= 0.3 is 0 Å². The molecule has 0 unspecified atom stereocenters. The number of phenols is 1. The van der Waals surface area contributed by atoms with E-state index in [0.29, 0.717) is 11.4 Å². The van der Waals surface area contributed by atoms with Crippen molar-refractivity contribution in [1.29, 1.82) is 0 Å². The maximum Gasteiger partial charge on any atom is 0.221 e. The Morgan fingerprint density at radius 1 is 1.50 bits per heavy atom. The lowest BCUT2D eigenvalue weighted by atomic mass is 10.2. The molecular weight excluding hydrogens is 156 g/mol. The number of nitrogens with one attached hydrogen (secondary N) is 1. The van der Waals surface area contributed by atoms with Crippen molar-refractivity contribution >= 4 is 17.3 Å². The van der Waals surface area contributed by atoms with E-state index in [-0.39, 0.29) is 11.7 Å². The summed E-state index contributed by atoms with van der Waals surface area (Å²) < 4.78 is 0. The molecule has 0 heterocycles. The van der Waals surface area contributed by atoms with Crippen LogP contribution in [0.25, 0.3) is 0 Å². The second kappa shape index (κ2) is 3.13. The van der Waals surface area contributed by atoms with Crippen LogP contribution in [0.2, 0.25) is 0 Å². The summed E-state index contributed by atoms with van der Waals surface area (Å²) in [6.45, 7) is 1.39. The van der Waals surface area contributed by atoms with Crippen LogP contribution in [-0.2, 0) is 4.79 Å². The van der Waals surface area contributed by atoms with Gasteiger partial charge < -0.3 is 16.2 Å². The molecule has 0 aliphatic carbocycles. The van der Waals surface area contributed by atoms with Crippen LogP contribution in [-0.4, -0.2) is 11.0 Å². The Hall–Kier alpha value is -1.71. The van der Waals surface area contributed by atoms with E-state index >= 15 is 0 Å². The van der Waals surface area contributed by atoms with Gasteiger partial charge in [-0.15, -0.1) is 0 Å². The Morgan fingerprint density at radius 2 is 2.17 bits per heavy atom. The number of nitrogens with two attached hydrogens (primary N) is 1. The van der Waals surface area contributed by atoms with Gasteiger partial charge in [0.15, 0.2) is 0 Å². The van der Waals surface area contributed by atoms with Gasteiger partial charge in [0.25, 0.3) is 0 Å². The highest BCUT2D eigenvalue weighted by Gasteiger charge is 1.98. The molecule has 0 bridgehead atoms. The van der Waals surface area contributed by atoms with Crippen LogP contribution in [0.15, 0.2) is 18.2 Å². The Morgan fingerprint density at radius 3 is 2.67 bits per heavy atom. The number of benzene rings is 1. The molecule has 0 spiro atoms. The van der Waals surface area contributed by atoms with E-state index in [1.54, 1.807) is 6.07 Å². The van der Waals surface area contributed by atoms with E-state index in [1.165, 1.54) is 19.1 Å². The van der Waals surface area contributed by atoms with Gasteiger partial charge in [0.1, 0.15) is 5.75 Å². The van der Waals surface area contributed by atoms with Gasteiger partial charge in [0.2, 0.25) is 5.91 Å². The molecule has 4 heteroatoms. The first kappa shape index (κ1) is 8.39. The molecule has 0 radical (unpaired) electrons. The van der Waals surface area contributed by atoms with Gasteiger partial charge in [-0.3, -0.25) is 4.79 Å². The van der Waals surface area contributed by atoms with Gasteiger partial charge in [-0.2, -0.15) is 0 Å². The number of aromatic hydroxyl groups is 1. The fraction of sp³-hybridized carbons (Fsp3) is 0.125. The number of carbonyl (C=O) groups is 1. The summed E-state index contributed by atoms with van der Waals surface area (Å²) in [5, 5.41) is 11.6. The van der Waals surface area contributed by atoms with Crippen molar-refractivity contribution in [2.24, 2.45) is 0 Å². The van der Waals surface area contributed by atoms with Crippen LogP contribution >= 0.6 is 0 Å². The van der Waals surface area contributed by atoms with Gasteiger partial charge in [-0.25, -0.2) is 0 Å². The Labute approximate surface area is 70.0 Å². The lowest BCUT2D eigenvalue weighted by Gasteiger charge is -2.03. The van der Waals surface area contributed by atoms with E-state index in [1.807, 2.05) is 0 Å². The topological polar surface area (TPSA) is 75.4 Å². The molecule has 0 atom stereocenters. The minimum absolute atomic E-state index is 0.0405. The van der Waals surface area contributed by atoms with E-state index < -0.39 is 0 Å². The zero-order valence-corrected chi connectivity index (χ0v) is 6.66. The Kier molecular flexibility index (Phi) is 2.19. The summed E-state index contributed by atoms with van der Waals surface area (Å²) >= 11 is 0. The SMILES string of the molecule is CC(=O)Nc1cc(N)cc(O)c1. The highest BCUT2D eigenvalue weighted by molar-refractivity contribution is 5.89. The molecular formula is C8H10N2O2. The number of hydrogen-bond acceptors (Lipinski definition) is 3. The van der Waals surface area contributed by atoms with E-state index in [9.17, 15) is 4.79 Å². The molecule has 0 aromatic heterocycles. The fourth-order valence-corrected chi connectivity index (χ4v) is 0.910. The third-order valence-electron chi connectivity index (χ3n) is 1.26. The molecule has 1 amide bonds. The first-order valence-electron chi connectivity index (χ1n) is 3.45. The van der Waals surface area contributed by atoms with Crippen LogP contribution in [0.1, 0.15) is 6.92 Å². The smallest absolute Gasteiger partial charge is 0.221 e. The lowest BCUT2D eigenvalue weighted by molar-refractivity contribution is -0.114. The van der Waals surface area contributed by atoms with E-state index in [2.05, 4.69) is 5.32 Å². The molecule has 1 aromatic rings. The van der Waals surface area contributed by atoms with Gasteiger partial charge in [-0.05, 0) is 6.07 Å². The van der Waals surface area contributed by atoms with Crippen LogP contribution in [0.4, 0.5) is 11.4 Å². The van der Waals surface area contributed by atoms with Crippen LogP contribution in [0.3, 0.4) is 0 Å². The summed E-state index contributed by atoms with van der Waals surface area (Å²) in [7, 11) is 0. The number of nitrogen functional groups attached to an aromatic ring is 1. The van der Waals surface area contributed by atoms with Gasteiger partial charge in [-0.1, -0.05) is 0 Å². The number of amides is 1. The normalized spacial score (nSPS) is 9.42. The van der Waals surface area contributed by atoms with E-state index in [4.69, 9.17) is 10.8 Å². The summed E-state index contributed by atoms with van der Waals surface area (Å²) in [6.07, 6.45) is 0.